The summed E-state index contributed by atoms with van der Waals surface area (Å²) in [5.74, 6) is -0.373. The Hall–Kier alpha value is -1.63. The molecule has 0 aliphatic heterocycles. The van der Waals surface area contributed by atoms with E-state index < -0.39 is 9.67 Å². The van der Waals surface area contributed by atoms with Gasteiger partial charge >= 0.3 is 5.97 Å². The Balaban J connectivity index is 2.82. The molecular weight excluding hydrogens is 244 g/mol. The Morgan fingerprint density at radius 1 is 1.53 bits per heavy atom. The molecule has 0 saturated carbocycles. The second-order valence-corrected chi connectivity index (χ2v) is 5.36. The maximum atomic E-state index is 11.4. The SMILES string of the molecule is COC(=O)C(C)(C)Sc1ccc([N+](=O)[O-])cn1. The largest absolute Gasteiger partial charge is 0.468 e. The van der Waals surface area contributed by atoms with Crippen LogP contribution in [0.3, 0.4) is 0 Å². The van der Waals surface area contributed by atoms with Crippen LogP contribution in [0.15, 0.2) is 23.4 Å². The monoisotopic (exact) mass is 256 g/mol. The lowest BCUT2D eigenvalue weighted by Crippen LogP contribution is -2.29. The summed E-state index contributed by atoms with van der Waals surface area (Å²) in [5.41, 5.74) is -0.0785. The smallest absolute Gasteiger partial charge is 0.321 e. The number of carbonyl (C=O) groups excluding carboxylic acids is 1. The fraction of sp³-hybridized carbons (Fsp3) is 0.400. The van der Waals surface area contributed by atoms with Crippen LogP contribution in [0.1, 0.15) is 13.8 Å². The van der Waals surface area contributed by atoms with Gasteiger partial charge in [0, 0.05) is 6.07 Å². The lowest BCUT2D eigenvalue weighted by atomic mass is 10.2. The number of hydrogen-bond donors (Lipinski definition) is 0. The van der Waals surface area contributed by atoms with E-state index in [0.29, 0.717) is 5.03 Å². The highest BCUT2D eigenvalue weighted by molar-refractivity contribution is 8.01. The van der Waals surface area contributed by atoms with Crippen LogP contribution >= 0.6 is 11.8 Å². The Bertz CT molecular complexity index is 430. The first-order valence-electron chi connectivity index (χ1n) is 4.74. The van der Waals surface area contributed by atoms with Gasteiger partial charge in [0.2, 0.25) is 0 Å². The van der Waals surface area contributed by atoms with E-state index in [1.165, 1.54) is 31.0 Å². The van der Waals surface area contributed by atoms with E-state index in [1.54, 1.807) is 13.8 Å². The molecule has 0 fully saturated rings. The molecule has 0 unspecified atom stereocenters. The molecule has 0 radical (unpaired) electrons. The molecule has 0 aliphatic rings. The van der Waals surface area contributed by atoms with E-state index in [-0.39, 0.29) is 11.7 Å². The first-order chi connectivity index (χ1) is 7.86. The topological polar surface area (TPSA) is 82.3 Å². The number of nitrogens with zero attached hydrogens (tertiary/aromatic N) is 2. The number of aromatic nitrogens is 1. The zero-order valence-electron chi connectivity index (χ0n) is 9.67. The Labute approximate surface area is 103 Å². The van der Waals surface area contributed by atoms with Crippen molar-refractivity contribution >= 4 is 23.4 Å². The van der Waals surface area contributed by atoms with Gasteiger partial charge in [0.05, 0.1) is 17.1 Å². The number of methoxy groups -OCH3 is 1. The first-order valence-corrected chi connectivity index (χ1v) is 5.56. The molecule has 1 aromatic heterocycles. The van der Waals surface area contributed by atoms with E-state index in [1.807, 2.05) is 0 Å². The minimum absolute atomic E-state index is 0.0785. The third kappa shape index (κ3) is 3.42. The standard InChI is InChI=1S/C10H12N2O4S/c1-10(2,9(13)16-3)17-8-5-4-7(6-11-8)12(14)15/h4-6H,1-3H3. The molecule has 0 atom stereocenters. The highest BCUT2D eigenvalue weighted by Gasteiger charge is 2.30. The van der Waals surface area contributed by atoms with Crippen molar-refractivity contribution in [1.29, 1.82) is 0 Å². The molecule has 92 valence electrons. The Morgan fingerprint density at radius 3 is 2.59 bits per heavy atom. The number of thioether (sulfide) groups is 1. The molecule has 0 bridgehead atoms. The van der Waals surface area contributed by atoms with Crippen molar-refractivity contribution < 1.29 is 14.5 Å². The number of rotatable bonds is 4. The maximum Gasteiger partial charge on any atom is 0.321 e. The number of carbonyl (C=O) groups is 1. The van der Waals surface area contributed by atoms with Crippen LogP contribution in [-0.2, 0) is 9.53 Å². The predicted octanol–water partition coefficient (Wildman–Crippen LogP) is 2.03. The molecule has 7 heteroatoms. The van der Waals surface area contributed by atoms with Gasteiger partial charge in [0.1, 0.15) is 10.9 Å². The molecule has 0 N–H and O–H groups in total. The first kappa shape index (κ1) is 13.4. The number of esters is 1. The van der Waals surface area contributed by atoms with E-state index in [4.69, 9.17) is 0 Å². The zero-order valence-corrected chi connectivity index (χ0v) is 10.5. The molecule has 0 saturated heterocycles. The summed E-state index contributed by atoms with van der Waals surface area (Å²) in [4.78, 5) is 25.3. The maximum absolute atomic E-state index is 11.4. The van der Waals surface area contributed by atoms with Gasteiger partial charge in [-0.2, -0.15) is 0 Å². The van der Waals surface area contributed by atoms with E-state index in [2.05, 4.69) is 9.72 Å². The van der Waals surface area contributed by atoms with Crippen molar-refractivity contribution in [2.45, 2.75) is 23.6 Å². The number of nitro groups is 1. The van der Waals surface area contributed by atoms with Gasteiger partial charge in [-0.1, -0.05) is 11.8 Å². The predicted molar refractivity (Wildman–Crippen MR) is 62.8 cm³/mol. The quantitative estimate of drug-likeness (QED) is 0.355. The number of hydrogen-bond acceptors (Lipinski definition) is 6. The van der Waals surface area contributed by atoms with Crippen LogP contribution in [-0.4, -0.2) is 27.7 Å². The lowest BCUT2D eigenvalue weighted by molar-refractivity contribution is -0.385. The fourth-order valence-corrected chi connectivity index (χ4v) is 2.02. The second-order valence-electron chi connectivity index (χ2n) is 3.72. The third-order valence-corrected chi connectivity index (χ3v) is 3.10. The molecule has 0 aromatic carbocycles. The third-order valence-electron chi connectivity index (χ3n) is 1.97. The molecule has 0 amide bonds. The molecule has 1 aromatic rings. The highest BCUT2D eigenvalue weighted by Crippen LogP contribution is 2.32. The van der Waals surface area contributed by atoms with Crippen molar-refractivity contribution in [3.05, 3.63) is 28.4 Å². The Morgan fingerprint density at radius 2 is 2.18 bits per heavy atom. The van der Waals surface area contributed by atoms with Crippen molar-refractivity contribution in [1.82, 2.24) is 4.98 Å². The summed E-state index contributed by atoms with van der Waals surface area (Å²) < 4.78 is 3.87. The van der Waals surface area contributed by atoms with Gasteiger partial charge in [-0.05, 0) is 19.9 Å². The number of ether oxygens (including phenoxy) is 1. The van der Waals surface area contributed by atoms with Gasteiger partial charge in [-0.25, -0.2) is 4.98 Å². The van der Waals surface area contributed by atoms with E-state index in [0.717, 1.165) is 6.20 Å². The van der Waals surface area contributed by atoms with Crippen LogP contribution in [0.4, 0.5) is 5.69 Å². The van der Waals surface area contributed by atoms with E-state index in [9.17, 15) is 14.9 Å². The lowest BCUT2D eigenvalue weighted by Gasteiger charge is -2.19. The molecule has 17 heavy (non-hydrogen) atoms. The number of pyridine rings is 1. The summed E-state index contributed by atoms with van der Waals surface area (Å²) in [5, 5.41) is 11.0. The zero-order chi connectivity index (χ0) is 13.1. The average molecular weight is 256 g/mol. The molecular formula is C10H12N2O4S. The summed E-state index contributed by atoms with van der Waals surface area (Å²) in [7, 11) is 1.31. The summed E-state index contributed by atoms with van der Waals surface area (Å²) in [6.07, 6.45) is 1.16. The van der Waals surface area contributed by atoms with Crippen LogP contribution < -0.4 is 0 Å². The van der Waals surface area contributed by atoms with Crippen LogP contribution in [0.25, 0.3) is 0 Å². The van der Waals surface area contributed by atoms with Crippen molar-refractivity contribution in [3.63, 3.8) is 0 Å². The minimum atomic E-state index is -0.780. The van der Waals surface area contributed by atoms with Crippen LogP contribution in [0.2, 0.25) is 0 Å². The van der Waals surface area contributed by atoms with Crippen molar-refractivity contribution in [3.8, 4) is 0 Å². The van der Waals surface area contributed by atoms with Gasteiger partial charge in [0.15, 0.2) is 0 Å². The summed E-state index contributed by atoms with van der Waals surface area (Å²) >= 11 is 1.19. The van der Waals surface area contributed by atoms with Crippen LogP contribution in [0.5, 0.6) is 0 Å². The van der Waals surface area contributed by atoms with Gasteiger partial charge < -0.3 is 4.74 Å². The molecule has 0 aliphatic carbocycles. The summed E-state index contributed by atoms with van der Waals surface area (Å²) in [6, 6.07) is 2.86. The molecule has 1 rings (SSSR count). The van der Waals surface area contributed by atoms with E-state index >= 15 is 0 Å². The van der Waals surface area contributed by atoms with Crippen molar-refractivity contribution in [2.75, 3.05) is 7.11 Å². The fourth-order valence-electron chi connectivity index (χ4n) is 1.09. The van der Waals surface area contributed by atoms with Gasteiger partial charge in [-0.3, -0.25) is 14.9 Å². The highest BCUT2D eigenvalue weighted by atomic mass is 32.2. The molecule has 6 nitrogen and oxygen atoms in total. The Kier molecular flexibility index (Phi) is 4.06. The molecule has 0 spiro atoms. The normalized spacial score (nSPS) is 11.0. The van der Waals surface area contributed by atoms with Crippen LogP contribution in [0, 0.1) is 10.1 Å². The summed E-state index contributed by atoms with van der Waals surface area (Å²) in [6.45, 7) is 3.40. The second kappa shape index (κ2) is 5.13. The molecule has 1 heterocycles. The van der Waals surface area contributed by atoms with Gasteiger partial charge in [0.25, 0.3) is 5.69 Å². The minimum Gasteiger partial charge on any atom is -0.468 e. The van der Waals surface area contributed by atoms with Gasteiger partial charge in [-0.15, -0.1) is 0 Å². The van der Waals surface area contributed by atoms with Crippen molar-refractivity contribution in [2.24, 2.45) is 0 Å². The average Bonchev–Trinajstić information content (AvgIpc) is 2.28.